The lowest BCUT2D eigenvalue weighted by atomic mass is 10.0. The summed E-state index contributed by atoms with van der Waals surface area (Å²) in [5.74, 6) is -0.394. The molecule has 1 unspecified atom stereocenters. The van der Waals surface area contributed by atoms with Gasteiger partial charge in [-0.1, -0.05) is 62.2 Å². The maximum atomic E-state index is 12.4. The molecule has 3 aromatic rings. The quantitative estimate of drug-likeness (QED) is 0.156. The molecule has 38 heavy (non-hydrogen) atoms. The van der Waals surface area contributed by atoms with Gasteiger partial charge in [0.25, 0.3) is 0 Å². The minimum atomic E-state index is -4.32. The average Bonchev–Trinajstić information content (AvgIpc) is 2.93. The average molecular weight is 528 g/mol. The maximum absolute atomic E-state index is 12.4. The fraction of sp³-hybridized carbons (Fsp3) is 0.419. The maximum Gasteiger partial charge on any atom is 0.414 e. The van der Waals surface area contributed by atoms with Crippen molar-refractivity contribution in [2.75, 3.05) is 13.2 Å². The van der Waals surface area contributed by atoms with E-state index >= 15 is 0 Å². The first-order chi connectivity index (χ1) is 18.3. The summed E-state index contributed by atoms with van der Waals surface area (Å²) < 4.78 is 47.3. The summed E-state index contributed by atoms with van der Waals surface area (Å²) in [5.41, 5.74) is 5.73. The normalized spacial score (nSPS) is 12.3. The Hall–Kier alpha value is -3.19. The van der Waals surface area contributed by atoms with Crippen LogP contribution in [0.1, 0.15) is 68.3 Å². The van der Waals surface area contributed by atoms with E-state index in [1.165, 1.54) is 18.4 Å². The second-order valence-corrected chi connectivity index (χ2v) is 9.41. The second kappa shape index (κ2) is 14.7. The summed E-state index contributed by atoms with van der Waals surface area (Å²) in [7, 11) is 0. The lowest BCUT2D eigenvalue weighted by molar-refractivity contribution is -0.214. The van der Waals surface area contributed by atoms with Crippen molar-refractivity contribution in [3.05, 3.63) is 78.0 Å². The smallest absolute Gasteiger partial charge is 0.414 e. The van der Waals surface area contributed by atoms with E-state index in [0.717, 1.165) is 42.1 Å². The van der Waals surface area contributed by atoms with E-state index in [2.05, 4.69) is 36.2 Å². The molecule has 0 bridgehead atoms. The van der Waals surface area contributed by atoms with Crippen LogP contribution in [0.15, 0.2) is 66.9 Å². The first-order valence-electron chi connectivity index (χ1n) is 13.3. The van der Waals surface area contributed by atoms with Crippen LogP contribution < -0.4 is 0 Å². The number of carbonyl (C=O) groups is 1. The van der Waals surface area contributed by atoms with Crippen LogP contribution in [0.25, 0.3) is 22.4 Å². The highest BCUT2D eigenvalue weighted by Gasteiger charge is 2.36. The van der Waals surface area contributed by atoms with E-state index in [1.54, 1.807) is 12.1 Å². The highest BCUT2D eigenvalue weighted by molar-refractivity contribution is 5.90. The standard InChI is InChI=1S/C31H36F3NO3/c1-3-4-9-24-10-12-26(13-11-24)29-19-18-28(22-35-29)25-14-16-27(17-15-25)30(36)38-21-8-6-5-7-20-37-23(2)31(32,33)34/h10-19,22-23H,3-9,20-21H2,1-2H3. The third-order valence-electron chi connectivity index (χ3n) is 6.39. The largest absolute Gasteiger partial charge is 0.462 e. The molecule has 0 N–H and O–H groups in total. The molecule has 1 aromatic heterocycles. The molecule has 2 aromatic carbocycles. The van der Waals surface area contributed by atoms with E-state index in [1.807, 2.05) is 30.5 Å². The Kier molecular flexibility index (Phi) is 11.3. The van der Waals surface area contributed by atoms with Crippen molar-refractivity contribution in [1.82, 2.24) is 4.98 Å². The van der Waals surface area contributed by atoms with Crippen LogP contribution in [0.5, 0.6) is 0 Å². The molecule has 0 spiro atoms. The number of alkyl halides is 3. The number of hydrogen-bond acceptors (Lipinski definition) is 4. The molecule has 0 aliphatic rings. The first-order valence-corrected chi connectivity index (χ1v) is 13.3. The third kappa shape index (κ3) is 9.28. The van der Waals surface area contributed by atoms with Crippen molar-refractivity contribution in [2.45, 2.75) is 71.1 Å². The Morgan fingerprint density at radius 1 is 0.816 bits per heavy atom. The Labute approximate surface area is 223 Å². The van der Waals surface area contributed by atoms with Gasteiger partial charge in [-0.2, -0.15) is 13.2 Å². The zero-order valence-corrected chi connectivity index (χ0v) is 22.1. The Bertz CT molecular complexity index is 1110. The molecule has 0 amide bonds. The number of esters is 1. The van der Waals surface area contributed by atoms with Gasteiger partial charge < -0.3 is 9.47 Å². The molecule has 0 aliphatic heterocycles. The number of pyridine rings is 1. The van der Waals surface area contributed by atoms with Crippen LogP contribution >= 0.6 is 0 Å². The van der Waals surface area contributed by atoms with Crippen molar-refractivity contribution in [2.24, 2.45) is 0 Å². The van der Waals surface area contributed by atoms with Gasteiger partial charge in [-0.15, -0.1) is 0 Å². The van der Waals surface area contributed by atoms with Gasteiger partial charge in [0, 0.05) is 23.9 Å². The molecule has 204 valence electrons. The van der Waals surface area contributed by atoms with Crippen LogP contribution in [-0.2, 0) is 15.9 Å². The second-order valence-electron chi connectivity index (χ2n) is 9.41. The lowest BCUT2D eigenvalue weighted by Crippen LogP contribution is -2.28. The molecule has 1 heterocycles. The van der Waals surface area contributed by atoms with Crippen molar-refractivity contribution in [3.63, 3.8) is 0 Å². The number of hydrogen-bond donors (Lipinski definition) is 0. The number of carbonyl (C=O) groups excluding carboxylic acids is 1. The predicted molar refractivity (Wildman–Crippen MR) is 144 cm³/mol. The van der Waals surface area contributed by atoms with Crippen LogP contribution in [-0.4, -0.2) is 36.4 Å². The summed E-state index contributed by atoms with van der Waals surface area (Å²) in [6.07, 6.45) is 1.90. The Morgan fingerprint density at radius 3 is 2.05 bits per heavy atom. The van der Waals surface area contributed by atoms with E-state index in [0.29, 0.717) is 24.8 Å². The molecule has 0 aliphatic carbocycles. The van der Waals surface area contributed by atoms with Gasteiger partial charge in [0.1, 0.15) is 0 Å². The summed E-state index contributed by atoms with van der Waals surface area (Å²) in [5, 5.41) is 0. The van der Waals surface area contributed by atoms with E-state index in [4.69, 9.17) is 9.47 Å². The number of benzene rings is 2. The molecule has 1 atom stereocenters. The molecule has 0 fully saturated rings. The topological polar surface area (TPSA) is 48.4 Å². The van der Waals surface area contributed by atoms with Gasteiger partial charge in [0.05, 0.1) is 17.9 Å². The number of unbranched alkanes of at least 4 members (excludes halogenated alkanes) is 4. The molecule has 3 rings (SSSR count). The molecule has 0 radical (unpaired) electrons. The number of ether oxygens (including phenoxy) is 2. The number of aryl methyl sites for hydroxylation is 1. The number of aromatic nitrogens is 1. The Morgan fingerprint density at radius 2 is 1.45 bits per heavy atom. The van der Waals surface area contributed by atoms with Gasteiger partial charge in [-0.05, 0) is 68.4 Å². The summed E-state index contributed by atoms with van der Waals surface area (Å²) >= 11 is 0. The zero-order valence-electron chi connectivity index (χ0n) is 22.1. The van der Waals surface area contributed by atoms with Crippen molar-refractivity contribution >= 4 is 5.97 Å². The van der Waals surface area contributed by atoms with E-state index in [-0.39, 0.29) is 13.2 Å². The zero-order chi connectivity index (χ0) is 27.4. The molecular formula is C31H36F3NO3. The predicted octanol–water partition coefficient (Wildman–Crippen LogP) is 8.44. The van der Waals surface area contributed by atoms with E-state index in [9.17, 15) is 18.0 Å². The monoisotopic (exact) mass is 527 g/mol. The minimum Gasteiger partial charge on any atom is -0.462 e. The lowest BCUT2D eigenvalue weighted by Gasteiger charge is -2.16. The SMILES string of the molecule is CCCCc1ccc(-c2ccc(-c3ccc(C(=O)OCCCCCCOC(C)C(F)(F)F)cc3)cn2)cc1. The highest BCUT2D eigenvalue weighted by atomic mass is 19.4. The number of nitrogens with zero attached hydrogens (tertiary/aromatic N) is 1. The van der Waals surface area contributed by atoms with Crippen LogP contribution in [0.3, 0.4) is 0 Å². The van der Waals surface area contributed by atoms with Crippen molar-refractivity contribution in [3.8, 4) is 22.4 Å². The number of halogens is 3. The third-order valence-corrected chi connectivity index (χ3v) is 6.39. The van der Waals surface area contributed by atoms with Crippen molar-refractivity contribution in [1.29, 1.82) is 0 Å². The summed E-state index contributed by atoms with van der Waals surface area (Å²) in [6.45, 7) is 3.54. The minimum absolute atomic E-state index is 0.0667. The molecule has 7 heteroatoms. The summed E-state index contributed by atoms with van der Waals surface area (Å²) in [6, 6.07) is 19.8. The van der Waals surface area contributed by atoms with Crippen LogP contribution in [0, 0.1) is 0 Å². The van der Waals surface area contributed by atoms with Gasteiger partial charge in [0.2, 0.25) is 0 Å². The van der Waals surface area contributed by atoms with Gasteiger partial charge in [-0.25, -0.2) is 4.79 Å². The van der Waals surface area contributed by atoms with E-state index < -0.39 is 18.2 Å². The van der Waals surface area contributed by atoms with Crippen LogP contribution in [0.4, 0.5) is 13.2 Å². The van der Waals surface area contributed by atoms with Crippen LogP contribution in [0.2, 0.25) is 0 Å². The van der Waals surface area contributed by atoms with Gasteiger partial charge >= 0.3 is 12.1 Å². The fourth-order valence-electron chi connectivity index (χ4n) is 3.92. The molecule has 4 nitrogen and oxygen atoms in total. The summed E-state index contributed by atoms with van der Waals surface area (Å²) in [4.78, 5) is 16.9. The number of rotatable bonds is 14. The van der Waals surface area contributed by atoms with Gasteiger partial charge in [0.15, 0.2) is 6.10 Å². The van der Waals surface area contributed by atoms with Gasteiger partial charge in [-0.3, -0.25) is 4.98 Å². The molecule has 0 saturated heterocycles. The highest BCUT2D eigenvalue weighted by Crippen LogP contribution is 2.24. The first kappa shape index (κ1) is 29.4. The molecular weight excluding hydrogens is 491 g/mol. The fourth-order valence-corrected chi connectivity index (χ4v) is 3.92. The molecule has 0 saturated carbocycles. The Balaban J connectivity index is 1.40. The van der Waals surface area contributed by atoms with Crippen molar-refractivity contribution < 1.29 is 27.4 Å².